The van der Waals surface area contributed by atoms with E-state index in [0.29, 0.717) is 19.6 Å². The zero-order valence-electron chi connectivity index (χ0n) is 62.9. The van der Waals surface area contributed by atoms with Crippen LogP contribution in [0, 0.1) is 47.3 Å². The number of aliphatic hydroxyl groups excluding tert-OH is 1. The third kappa shape index (κ3) is 25.7. The summed E-state index contributed by atoms with van der Waals surface area (Å²) in [6.07, 6.45) is 1.05. The maximum absolute atomic E-state index is 15.2. The third-order valence-electron chi connectivity index (χ3n) is 19.0. The first-order chi connectivity index (χ1) is 45.2. The van der Waals surface area contributed by atoms with Gasteiger partial charge in [-0.3, -0.25) is 57.6 Å². The number of nitrogens with zero attached hydrogens (tertiary/aromatic N) is 7. The Morgan fingerprint density at radius 3 is 1.61 bits per heavy atom. The molecule has 4 N–H and O–H groups in total. The highest BCUT2D eigenvalue weighted by Crippen LogP contribution is 2.28. The van der Waals surface area contributed by atoms with Crippen LogP contribution in [0.3, 0.4) is 0 Å². The second-order valence-corrected chi connectivity index (χ2v) is 29.1. The van der Waals surface area contributed by atoms with Crippen LogP contribution in [-0.4, -0.2) is 266 Å². The van der Waals surface area contributed by atoms with Crippen LogP contribution in [0.4, 0.5) is 0 Å². The lowest BCUT2D eigenvalue weighted by Gasteiger charge is -2.40. The number of Topliss-reactive ketones (excluding diaryl/α,β-unsaturated/α-hetero) is 2. The van der Waals surface area contributed by atoms with Gasteiger partial charge in [0.15, 0.2) is 11.6 Å². The molecule has 26 nitrogen and oxygen atoms in total. The molecule has 0 aromatic heterocycles. The van der Waals surface area contributed by atoms with Gasteiger partial charge in [0.25, 0.3) is 0 Å². The smallest absolute Gasteiger partial charge is 0.330 e. The normalized spacial score (nSPS) is 27.2. The van der Waals surface area contributed by atoms with Crippen LogP contribution in [0.25, 0.3) is 0 Å². The molecule has 0 radical (unpaired) electrons. The van der Waals surface area contributed by atoms with Crippen molar-refractivity contribution in [2.75, 3.05) is 88.9 Å². The molecule has 26 heteroatoms. The Morgan fingerprint density at radius 1 is 0.577 bits per heavy atom. The van der Waals surface area contributed by atoms with Gasteiger partial charge in [-0.1, -0.05) is 96.1 Å². The van der Waals surface area contributed by atoms with E-state index >= 15 is 14.4 Å². The molecule has 0 saturated carbocycles. The molecule has 554 valence electrons. The van der Waals surface area contributed by atoms with Crippen LogP contribution in [-0.2, 0) is 71.7 Å². The highest BCUT2D eigenvalue weighted by Gasteiger charge is 2.45. The number of allylic oxidation sites excluding steroid dienone is 1. The molecule has 2 fully saturated rings. The van der Waals surface area contributed by atoms with E-state index in [4.69, 9.17) is 14.2 Å². The molecule has 2 aliphatic rings. The maximum atomic E-state index is 15.2. The van der Waals surface area contributed by atoms with E-state index in [1.807, 2.05) is 41.5 Å². The van der Waals surface area contributed by atoms with Gasteiger partial charge >= 0.3 is 5.97 Å². The number of carbonyl (C=O) groups excluding carboxylic acids is 12. The second kappa shape index (κ2) is 41.3. The molecule has 2 heterocycles. The van der Waals surface area contributed by atoms with Gasteiger partial charge in [0, 0.05) is 92.7 Å². The van der Waals surface area contributed by atoms with Crippen LogP contribution in [0.5, 0.6) is 0 Å². The zero-order valence-corrected chi connectivity index (χ0v) is 62.9. The number of rotatable bonds is 21. The first-order valence-corrected chi connectivity index (χ1v) is 35.1. The fourth-order valence-corrected chi connectivity index (χ4v) is 12.7. The van der Waals surface area contributed by atoms with Crippen LogP contribution < -0.4 is 16.0 Å². The first-order valence-electron chi connectivity index (χ1n) is 35.1. The molecular formula is C71H124N10O16. The lowest BCUT2D eigenvalue weighted by atomic mass is 9.85. The molecule has 0 unspecified atom stereocenters. The summed E-state index contributed by atoms with van der Waals surface area (Å²) in [5, 5.41) is 20.3. The summed E-state index contributed by atoms with van der Waals surface area (Å²) in [5.74, 6) is -12.4. The number of carbonyl (C=O) groups is 12. The SMILES string of the molecule is CC[C@@H]1NC(=O)[C@H]([C@H](O)[C@H](C)C/C=C/C(=O)OC)NC(=O)[C@H](C(C)C)N(C)C(=O)[C@H](CC(C)C)N(C)C(=O)[C@H](CC(C)C)N(C)C(=O)[C@@H](C)NC(=O)[C@H](C)CC(=O)[C@H](CC(C)C)N(C)C(=O)[C@H](C(C)C)CC(=O)[C@H]([C@@H](C)OCCCCN2CCOCC2)N(C)C(=O)[C@@H](C)N(C)C1=O. The number of ether oxygens (including phenoxy) is 3. The van der Waals surface area contributed by atoms with Crippen LogP contribution in [0.1, 0.15) is 169 Å². The number of unbranched alkanes of at least 4 members (excludes halogenated alkanes) is 1. The van der Waals surface area contributed by atoms with Crippen molar-refractivity contribution in [2.24, 2.45) is 47.3 Å². The molecule has 9 amide bonds. The van der Waals surface area contributed by atoms with Gasteiger partial charge in [0.1, 0.15) is 48.3 Å². The number of likely N-dealkylation sites (N-methyl/N-ethyl adjacent to an activating group) is 6. The van der Waals surface area contributed by atoms with Gasteiger partial charge in [0.2, 0.25) is 53.2 Å². The topological polar surface area (TPSA) is 312 Å². The predicted octanol–water partition coefficient (Wildman–Crippen LogP) is 4.12. The minimum absolute atomic E-state index is 0.00383. The largest absolute Gasteiger partial charge is 0.466 e. The molecule has 0 aromatic rings. The van der Waals surface area contributed by atoms with Crippen molar-refractivity contribution < 1.29 is 76.9 Å². The van der Waals surface area contributed by atoms with Crippen molar-refractivity contribution in [3.63, 3.8) is 0 Å². The molecule has 14 atom stereocenters. The van der Waals surface area contributed by atoms with E-state index in [-0.39, 0.29) is 69.3 Å². The molecule has 0 aromatic carbocycles. The quantitative estimate of drug-likeness (QED) is 0.0714. The Morgan fingerprint density at radius 2 is 1.09 bits per heavy atom. The van der Waals surface area contributed by atoms with Gasteiger partial charge in [-0.2, -0.15) is 0 Å². The highest BCUT2D eigenvalue weighted by molar-refractivity contribution is 6.00. The monoisotopic (exact) mass is 1370 g/mol. The number of amides is 9. The van der Waals surface area contributed by atoms with Gasteiger partial charge in [-0.15, -0.1) is 0 Å². The maximum Gasteiger partial charge on any atom is 0.330 e. The van der Waals surface area contributed by atoms with E-state index in [9.17, 15) is 48.3 Å². The van der Waals surface area contributed by atoms with Crippen molar-refractivity contribution >= 4 is 70.7 Å². The minimum Gasteiger partial charge on any atom is -0.466 e. The van der Waals surface area contributed by atoms with E-state index in [1.165, 1.54) is 101 Å². The number of hydrogen-bond donors (Lipinski definition) is 4. The molecule has 97 heavy (non-hydrogen) atoms. The number of hydrogen-bond acceptors (Lipinski definition) is 17. The summed E-state index contributed by atoms with van der Waals surface area (Å²) >= 11 is 0. The Hall–Kier alpha value is -6.38. The summed E-state index contributed by atoms with van der Waals surface area (Å²) in [4.78, 5) is 185. The summed E-state index contributed by atoms with van der Waals surface area (Å²) in [6.45, 7) is 31.4. The molecule has 2 aliphatic heterocycles. The highest BCUT2D eigenvalue weighted by atomic mass is 16.5. The van der Waals surface area contributed by atoms with Gasteiger partial charge < -0.3 is 64.7 Å². The van der Waals surface area contributed by atoms with Crippen molar-refractivity contribution in [3.05, 3.63) is 12.2 Å². The fraction of sp³-hybridized carbons (Fsp3) is 0.803. The molecule has 2 rings (SSSR count). The number of nitrogens with one attached hydrogen (secondary N) is 3. The standard InChI is InChI=1S/C71H124N10O16/c1-24-52-69(92)75(17)49(15)67(90)80(22)61(50(16)97-33-26-25-30-81-31-34-96-35-32-81)57(83)40-51(44(8)9)68(91)76(18)53(36-41(2)3)56(82)39-47(13)63(86)72-48(14)66(89)77(19)54(37-42(4)5)70(93)78(20)55(38-43(6)7)71(94)79(21)60(45(10)11)65(88)74-59(64(87)73-52)62(85)46(12)28-27-29-58(84)95-23/h27,29,41-55,59-62,85H,24-26,28,30-40H2,1-23H3,(H,72,86)(H,73,87)(H,74,88)/b29-27+/t46-,47-,48-,49-,50-,51+,52+,53+,54+,55+,59+,60+,61+,62-/m1/s1. The lowest BCUT2D eigenvalue weighted by Crippen LogP contribution is -2.63. The number of morpholine rings is 1. The average Bonchev–Trinajstić information content (AvgIpc) is 0.820. The predicted molar refractivity (Wildman–Crippen MR) is 370 cm³/mol. The van der Waals surface area contributed by atoms with Crippen molar-refractivity contribution in [3.8, 4) is 0 Å². The number of methoxy groups -OCH3 is 1. The molecule has 0 spiro atoms. The van der Waals surface area contributed by atoms with Gasteiger partial charge in [-0.05, 0) is 108 Å². The fourth-order valence-electron chi connectivity index (χ4n) is 12.7. The van der Waals surface area contributed by atoms with Crippen molar-refractivity contribution in [2.45, 2.75) is 235 Å². The Labute approximate surface area is 579 Å². The molecule has 2 saturated heterocycles. The van der Waals surface area contributed by atoms with Crippen LogP contribution in [0.2, 0.25) is 0 Å². The van der Waals surface area contributed by atoms with Gasteiger partial charge in [-0.25, -0.2) is 4.79 Å². The van der Waals surface area contributed by atoms with Crippen LogP contribution >= 0.6 is 0 Å². The molecular weight excluding hydrogens is 1250 g/mol. The Bertz CT molecular complexity index is 2660. The second-order valence-electron chi connectivity index (χ2n) is 29.1. The summed E-state index contributed by atoms with van der Waals surface area (Å²) in [6, 6.07) is -11.7. The van der Waals surface area contributed by atoms with Crippen molar-refractivity contribution in [1.29, 1.82) is 0 Å². The number of esters is 1. The van der Waals surface area contributed by atoms with E-state index in [0.717, 1.165) is 37.0 Å². The van der Waals surface area contributed by atoms with E-state index in [1.54, 1.807) is 48.5 Å². The number of ketones is 2. The minimum atomic E-state index is -1.80. The van der Waals surface area contributed by atoms with Crippen molar-refractivity contribution in [1.82, 2.24) is 50.2 Å². The van der Waals surface area contributed by atoms with Gasteiger partial charge in [0.05, 0.1) is 38.6 Å². The van der Waals surface area contributed by atoms with Crippen LogP contribution in [0.15, 0.2) is 12.2 Å². The lowest BCUT2D eigenvalue weighted by molar-refractivity contribution is -0.154. The average molecular weight is 1370 g/mol. The van der Waals surface area contributed by atoms with E-state index in [2.05, 4.69) is 20.9 Å². The van der Waals surface area contributed by atoms with E-state index < -0.39 is 167 Å². The zero-order chi connectivity index (χ0) is 74.2. The summed E-state index contributed by atoms with van der Waals surface area (Å²) in [7, 11) is 9.75. The molecule has 0 aliphatic carbocycles. The molecule has 0 bridgehead atoms. The Kier molecular flexibility index (Phi) is 36.9. The first kappa shape index (κ1) is 86.7. The Balaban J connectivity index is 3.00. The number of aliphatic hydroxyl groups is 1. The summed E-state index contributed by atoms with van der Waals surface area (Å²) in [5.41, 5.74) is 0. The summed E-state index contributed by atoms with van der Waals surface area (Å²) < 4.78 is 16.6. The third-order valence-corrected chi connectivity index (χ3v) is 19.0.